The number of fused-ring (bicyclic) bond motifs is 2. The van der Waals surface area contributed by atoms with E-state index in [0.717, 1.165) is 10.9 Å². The summed E-state index contributed by atoms with van der Waals surface area (Å²) in [6.07, 6.45) is 1.57. The summed E-state index contributed by atoms with van der Waals surface area (Å²) in [7, 11) is 0. The summed E-state index contributed by atoms with van der Waals surface area (Å²) in [6, 6.07) is 14.4. The summed E-state index contributed by atoms with van der Waals surface area (Å²) in [5, 5.41) is 1.41. The lowest BCUT2D eigenvalue weighted by Gasteiger charge is -2.03. The number of para-hydroxylation sites is 1. The molecule has 0 aliphatic heterocycles. The third-order valence-electron chi connectivity index (χ3n) is 3.42. The Bertz CT molecular complexity index is 1070. The van der Waals surface area contributed by atoms with Crippen molar-refractivity contribution >= 4 is 33.6 Å². The lowest BCUT2D eigenvalue weighted by atomic mass is 10.1. The molecule has 5 heteroatoms. The normalized spacial score (nSPS) is 11.1. The molecule has 0 radical (unpaired) electrons. The predicted octanol–water partition coefficient (Wildman–Crippen LogP) is 4.06. The maximum absolute atomic E-state index is 12.2. The van der Waals surface area contributed by atoms with Crippen LogP contribution in [0, 0.1) is 0 Å². The summed E-state index contributed by atoms with van der Waals surface area (Å²) in [5.41, 5.74) is 2.32. The zero-order valence-electron chi connectivity index (χ0n) is 11.3. The van der Waals surface area contributed by atoms with Crippen molar-refractivity contribution in [2.45, 2.75) is 0 Å². The molecule has 0 saturated carbocycles. The standard InChI is InChI=1S/C17H9ClN2O2/c18-11-5-6-13-14(8-11)20-15(9-19-13)12-7-10-3-1-2-4-16(10)22-17(12)21/h1-9H. The van der Waals surface area contributed by atoms with Crippen molar-refractivity contribution in [3.63, 3.8) is 0 Å². The van der Waals surface area contributed by atoms with Gasteiger partial charge in [0.25, 0.3) is 0 Å². The molecule has 0 aliphatic rings. The van der Waals surface area contributed by atoms with E-state index >= 15 is 0 Å². The zero-order chi connectivity index (χ0) is 15.1. The average molecular weight is 309 g/mol. The Morgan fingerprint density at radius 2 is 1.86 bits per heavy atom. The van der Waals surface area contributed by atoms with E-state index < -0.39 is 5.63 Å². The van der Waals surface area contributed by atoms with Crippen molar-refractivity contribution in [3.05, 3.63) is 70.2 Å². The summed E-state index contributed by atoms with van der Waals surface area (Å²) in [6.45, 7) is 0. The van der Waals surface area contributed by atoms with Crippen LogP contribution in [0.25, 0.3) is 33.3 Å². The molecule has 0 saturated heterocycles. The van der Waals surface area contributed by atoms with Gasteiger partial charge in [-0.15, -0.1) is 0 Å². The minimum absolute atomic E-state index is 0.382. The molecule has 0 N–H and O–H groups in total. The lowest BCUT2D eigenvalue weighted by molar-refractivity contribution is 0.563. The highest BCUT2D eigenvalue weighted by Crippen LogP contribution is 2.22. The summed E-state index contributed by atoms with van der Waals surface area (Å²) in [4.78, 5) is 21.0. The first-order valence-electron chi connectivity index (χ1n) is 6.66. The van der Waals surface area contributed by atoms with Gasteiger partial charge < -0.3 is 4.42 Å². The van der Waals surface area contributed by atoms with Crippen LogP contribution in [0.4, 0.5) is 0 Å². The SMILES string of the molecule is O=c1oc2ccccc2cc1-c1cnc2ccc(Cl)cc2n1. The molecule has 0 bridgehead atoms. The van der Waals surface area contributed by atoms with Crippen LogP contribution in [0.1, 0.15) is 0 Å². The van der Waals surface area contributed by atoms with Crippen LogP contribution in [0.3, 0.4) is 0 Å². The van der Waals surface area contributed by atoms with Gasteiger partial charge in [-0.05, 0) is 30.3 Å². The molecule has 4 rings (SSSR count). The van der Waals surface area contributed by atoms with Gasteiger partial charge in [-0.3, -0.25) is 4.98 Å². The number of halogens is 1. The molecule has 0 amide bonds. The van der Waals surface area contributed by atoms with Crippen LogP contribution in [-0.2, 0) is 0 Å². The molecule has 0 fully saturated rings. The van der Waals surface area contributed by atoms with Gasteiger partial charge in [-0.25, -0.2) is 9.78 Å². The average Bonchev–Trinajstić information content (AvgIpc) is 2.53. The second-order valence-electron chi connectivity index (χ2n) is 4.87. The predicted molar refractivity (Wildman–Crippen MR) is 86.0 cm³/mol. The fourth-order valence-electron chi connectivity index (χ4n) is 2.35. The topological polar surface area (TPSA) is 56.0 Å². The first-order valence-corrected chi connectivity index (χ1v) is 7.04. The second kappa shape index (κ2) is 4.93. The number of benzene rings is 2. The number of nitrogens with zero attached hydrogens (tertiary/aromatic N) is 2. The van der Waals surface area contributed by atoms with E-state index in [9.17, 15) is 4.79 Å². The maximum Gasteiger partial charge on any atom is 0.345 e. The molecule has 4 nitrogen and oxygen atoms in total. The van der Waals surface area contributed by atoms with E-state index in [2.05, 4.69) is 9.97 Å². The largest absolute Gasteiger partial charge is 0.422 e. The van der Waals surface area contributed by atoms with Gasteiger partial charge in [0.15, 0.2) is 0 Å². The quantitative estimate of drug-likeness (QED) is 0.498. The molecule has 0 unspecified atom stereocenters. The Hall–Kier alpha value is -2.72. The fourth-order valence-corrected chi connectivity index (χ4v) is 2.52. The van der Waals surface area contributed by atoms with Crippen LogP contribution >= 0.6 is 11.6 Å². The molecular weight excluding hydrogens is 300 g/mol. The molecule has 22 heavy (non-hydrogen) atoms. The Morgan fingerprint density at radius 1 is 1.00 bits per heavy atom. The van der Waals surface area contributed by atoms with Gasteiger partial charge in [0, 0.05) is 10.4 Å². The third-order valence-corrected chi connectivity index (χ3v) is 3.66. The molecule has 2 aromatic carbocycles. The second-order valence-corrected chi connectivity index (χ2v) is 5.31. The molecule has 0 spiro atoms. The molecule has 0 atom stereocenters. The van der Waals surface area contributed by atoms with Gasteiger partial charge >= 0.3 is 5.63 Å². The van der Waals surface area contributed by atoms with Crippen molar-refractivity contribution in [1.29, 1.82) is 0 Å². The van der Waals surface area contributed by atoms with Crippen molar-refractivity contribution in [3.8, 4) is 11.3 Å². The minimum atomic E-state index is -0.436. The number of rotatable bonds is 1. The maximum atomic E-state index is 12.2. The van der Waals surface area contributed by atoms with Crippen LogP contribution < -0.4 is 5.63 Å². The van der Waals surface area contributed by atoms with Crippen molar-refractivity contribution in [2.75, 3.05) is 0 Å². The fraction of sp³-hybridized carbons (Fsp3) is 0. The zero-order valence-corrected chi connectivity index (χ0v) is 12.0. The van der Waals surface area contributed by atoms with Gasteiger partial charge in [-0.1, -0.05) is 29.8 Å². The van der Waals surface area contributed by atoms with E-state index in [4.69, 9.17) is 16.0 Å². The highest BCUT2D eigenvalue weighted by Gasteiger charge is 2.10. The molecule has 4 aromatic rings. The number of hydrogen-bond donors (Lipinski definition) is 0. The monoisotopic (exact) mass is 308 g/mol. The third kappa shape index (κ3) is 2.14. The Morgan fingerprint density at radius 3 is 2.77 bits per heavy atom. The minimum Gasteiger partial charge on any atom is -0.422 e. The van der Waals surface area contributed by atoms with Gasteiger partial charge in [-0.2, -0.15) is 0 Å². The first kappa shape index (κ1) is 13.0. The highest BCUT2D eigenvalue weighted by atomic mass is 35.5. The molecule has 2 heterocycles. The Balaban J connectivity index is 1.98. The van der Waals surface area contributed by atoms with Crippen LogP contribution in [0.2, 0.25) is 5.02 Å². The van der Waals surface area contributed by atoms with E-state index in [1.165, 1.54) is 0 Å². The smallest absolute Gasteiger partial charge is 0.345 e. The van der Waals surface area contributed by atoms with Gasteiger partial charge in [0.05, 0.1) is 28.5 Å². The van der Waals surface area contributed by atoms with Crippen molar-refractivity contribution in [1.82, 2.24) is 9.97 Å². The highest BCUT2D eigenvalue weighted by molar-refractivity contribution is 6.31. The Kier molecular flexibility index (Phi) is 2.91. The number of aromatic nitrogens is 2. The van der Waals surface area contributed by atoms with Crippen molar-refractivity contribution < 1.29 is 4.42 Å². The van der Waals surface area contributed by atoms with E-state index in [0.29, 0.717) is 27.4 Å². The summed E-state index contributed by atoms with van der Waals surface area (Å²) < 4.78 is 5.33. The van der Waals surface area contributed by atoms with E-state index in [1.54, 1.807) is 36.5 Å². The molecule has 2 aromatic heterocycles. The first-order chi connectivity index (χ1) is 10.7. The summed E-state index contributed by atoms with van der Waals surface area (Å²) in [5.74, 6) is 0. The molecule has 106 valence electrons. The lowest BCUT2D eigenvalue weighted by Crippen LogP contribution is -2.04. The molecule has 0 aliphatic carbocycles. The van der Waals surface area contributed by atoms with Crippen LogP contribution in [0.5, 0.6) is 0 Å². The van der Waals surface area contributed by atoms with Gasteiger partial charge in [0.1, 0.15) is 5.58 Å². The molecular formula is C17H9ClN2O2. The van der Waals surface area contributed by atoms with Crippen molar-refractivity contribution in [2.24, 2.45) is 0 Å². The summed E-state index contributed by atoms with van der Waals surface area (Å²) >= 11 is 5.98. The Labute approximate surface area is 130 Å². The van der Waals surface area contributed by atoms with Gasteiger partial charge in [0.2, 0.25) is 0 Å². The van der Waals surface area contributed by atoms with Crippen LogP contribution in [-0.4, -0.2) is 9.97 Å². The van der Waals surface area contributed by atoms with E-state index in [1.807, 2.05) is 18.2 Å². The van der Waals surface area contributed by atoms with Crippen LogP contribution in [0.15, 0.2) is 63.9 Å². The number of hydrogen-bond acceptors (Lipinski definition) is 4. The van der Waals surface area contributed by atoms with E-state index in [-0.39, 0.29) is 0 Å².